The summed E-state index contributed by atoms with van der Waals surface area (Å²) < 4.78 is 6.07. The number of nitrogens with two attached hydrogens (primary N) is 1. The minimum absolute atomic E-state index is 0.560. The number of methoxy groups -OCH3 is 1. The summed E-state index contributed by atoms with van der Waals surface area (Å²) in [4.78, 5) is 3.71. The molecule has 1 rings (SSSR count). The molecule has 44 valence electrons. The molecule has 0 bridgehead atoms. The zero-order valence-corrected chi connectivity index (χ0v) is 4.53. The second-order valence-electron chi connectivity index (χ2n) is 1.34. The highest BCUT2D eigenvalue weighted by Gasteiger charge is 1.92. The van der Waals surface area contributed by atoms with Crippen molar-refractivity contribution in [3.8, 4) is 5.88 Å². The van der Waals surface area contributed by atoms with Gasteiger partial charge in [0.15, 0.2) is 0 Å². The molecule has 0 fully saturated rings. The van der Waals surface area contributed by atoms with Gasteiger partial charge in [-0.05, 0) is 0 Å². The van der Waals surface area contributed by atoms with Gasteiger partial charge in [0.05, 0.1) is 13.3 Å². The van der Waals surface area contributed by atoms with Crippen LogP contribution in [0.5, 0.6) is 5.88 Å². The van der Waals surface area contributed by atoms with Gasteiger partial charge in [-0.1, -0.05) is 0 Å². The van der Waals surface area contributed by atoms with E-state index in [-0.39, 0.29) is 0 Å². The fourth-order valence-electron chi connectivity index (χ4n) is 0.451. The van der Waals surface area contributed by atoms with E-state index < -0.39 is 0 Å². The molecular formula is C4H7N3O. The van der Waals surface area contributed by atoms with Gasteiger partial charge in [0, 0.05) is 0 Å². The van der Waals surface area contributed by atoms with E-state index in [4.69, 9.17) is 10.6 Å². The second-order valence-corrected chi connectivity index (χ2v) is 1.34. The Balaban J connectivity index is 2.92. The Labute approximate surface area is 46.9 Å². The Morgan fingerprint density at radius 1 is 1.88 bits per heavy atom. The van der Waals surface area contributed by atoms with Crippen molar-refractivity contribution < 1.29 is 4.74 Å². The van der Waals surface area contributed by atoms with Crippen LogP contribution in [-0.2, 0) is 0 Å². The molecule has 0 unspecified atom stereocenters. The van der Waals surface area contributed by atoms with Gasteiger partial charge in [-0.3, -0.25) is 0 Å². The minimum atomic E-state index is 0.560. The lowest BCUT2D eigenvalue weighted by Crippen LogP contribution is -2.07. The fourth-order valence-corrected chi connectivity index (χ4v) is 0.451. The molecule has 8 heavy (non-hydrogen) atoms. The Bertz CT molecular complexity index is 172. The number of hydrogen-bond donors (Lipinski definition) is 1. The molecule has 4 nitrogen and oxygen atoms in total. The van der Waals surface area contributed by atoms with Gasteiger partial charge in [0.1, 0.15) is 6.33 Å². The van der Waals surface area contributed by atoms with Crippen LogP contribution >= 0.6 is 0 Å². The largest absolute Gasteiger partial charge is 0.480 e. The Morgan fingerprint density at radius 3 is 2.88 bits per heavy atom. The highest BCUT2D eigenvalue weighted by molar-refractivity contribution is 5.04. The van der Waals surface area contributed by atoms with Gasteiger partial charge in [-0.15, -0.1) is 0 Å². The first kappa shape index (κ1) is 4.96. The summed E-state index contributed by atoms with van der Waals surface area (Å²) in [5.74, 6) is 5.84. The predicted octanol–water partition coefficient (Wildman–Crippen LogP) is -0.395. The number of hydrogen-bond acceptors (Lipinski definition) is 3. The van der Waals surface area contributed by atoms with Gasteiger partial charge in [-0.2, -0.15) is 0 Å². The molecule has 0 amide bonds. The van der Waals surface area contributed by atoms with Crippen molar-refractivity contribution in [2.75, 3.05) is 13.0 Å². The van der Waals surface area contributed by atoms with Crippen molar-refractivity contribution in [3.05, 3.63) is 12.5 Å². The summed E-state index contributed by atoms with van der Waals surface area (Å²) in [5.41, 5.74) is 0. The van der Waals surface area contributed by atoms with Crippen LogP contribution in [0.15, 0.2) is 12.5 Å². The van der Waals surface area contributed by atoms with E-state index in [9.17, 15) is 0 Å². The van der Waals surface area contributed by atoms with Crippen LogP contribution in [0.1, 0.15) is 0 Å². The maximum atomic E-state index is 5.28. The molecule has 2 N–H and O–H groups in total. The lowest BCUT2D eigenvalue weighted by molar-refractivity contribution is 0.386. The molecule has 0 saturated heterocycles. The third kappa shape index (κ3) is 0.598. The zero-order chi connectivity index (χ0) is 5.98. The van der Waals surface area contributed by atoms with E-state index in [2.05, 4.69) is 4.98 Å². The van der Waals surface area contributed by atoms with E-state index in [0.29, 0.717) is 5.88 Å². The van der Waals surface area contributed by atoms with Crippen LogP contribution in [-0.4, -0.2) is 16.8 Å². The first-order chi connectivity index (χ1) is 3.84. The van der Waals surface area contributed by atoms with Crippen LogP contribution in [0.4, 0.5) is 0 Å². The van der Waals surface area contributed by atoms with Crippen molar-refractivity contribution in [1.82, 2.24) is 9.66 Å². The Kier molecular flexibility index (Phi) is 1.07. The predicted molar refractivity (Wildman–Crippen MR) is 28.9 cm³/mol. The van der Waals surface area contributed by atoms with Crippen LogP contribution < -0.4 is 10.6 Å². The van der Waals surface area contributed by atoms with E-state index in [1.165, 1.54) is 11.0 Å². The average Bonchev–Trinajstić information content (AvgIpc) is 2.14. The van der Waals surface area contributed by atoms with Crippen molar-refractivity contribution in [2.45, 2.75) is 0 Å². The molecule has 0 aliphatic rings. The van der Waals surface area contributed by atoms with Crippen LogP contribution in [0.25, 0.3) is 0 Å². The smallest absolute Gasteiger partial charge is 0.232 e. The third-order valence-electron chi connectivity index (χ3n) is 0.840. The number of ether oxygens (including phenoxy) is 1. The molecule has 0 atom stereocenters. The molecule has 1 heterocycles. The summed E-state index contributed by atoms with van der Waals surface area (Å²) in [6.07, 6.45) is 3.01. The van der Waals surface area contributed by atoms with E-state index in [1.807, 2.05) is 0 Å². The lowest BCUT2D eigenvalue weighted by atomic mass is 10.8. The quantitative estimate of drug-likeness (QED) is 0.504. The molecular weight excluding hydrogens is 106 g/mol. The van der Waals surface area contributed by atoms with Crippen LogP contribution in [0.3, 0.4) is 0 Å². The summed E-state index contributed by atoms with van der Waals surface area (Å²) in [5, 5.41) is 0. The monoisotopic (exact) mass is 113 g/mol. The molecule has 1 aromatic rings. The Morgan fingerprint density at radius 2 is 2.62 bits per heavy atom. The first-order valence-electron chi connectivity index (χ1n) is 2.16. The summed E-state index contributed by atoms with van der Waals surface area (Å²) in [6.45, 7) is 0. The van der Waals surface area contributed by atoms with Crippen molar-refractivity contribution in [2.24, 2.45) is 0 Å². The SMILES string of the molecule is COc1cncn1N. The Hall–Kier alpha value is -1.19. The molecule has 0 spiro atoms. The lowest BCUT2D eigenvalue weighted by Gasteiger charge is -1.95. The van der Waals surface area contributed by atoms with Gasteiger partial charge < -0.3 is 10.6 Å². The van der Waals surface area contributed by atoms with Gasteiger partial charge in [0.25, 0.3) is 0 Å². The summed E-state index contributed by atoms with van der Waals surface area (Å²) >= 11 is 0. The zero-order valence-electron chi connectivity index (χ0n) is 4.53. The number of nitrogen functional groups attached to an aromatic ring is 1. The van der Waals surface area contributed by atoms with Gasteiger partial charge >= 0.3 is 0 Å². The number of aromatic nitrogens is 2. The van der Waals surface area contributed by atoms with Crippen molar-refractivity contribution in [1.29, 1.82) is 0 Å². The van der Waals surface area contributed by atoms with Crippen LogP contribution in [0, 0.1) is 0 Å². The van der Waals surface area contributed by atoms with Crippen molar-refractivity contribution >= 4 is 0 Å². The average molecular weight is 113 g/mol. The molecule has 4 heteroatoms. The third-order valence-corrected chi connectivity index (χ3v) is 0.840. The number of rotatable bonds is 1. The van der Waals surface area contributed by atoms with Crippen LogP contribution in [0.2, 0.25) is 0 Å². The second kappa shape index (κ2) is 1.73. The number of imidazole rings is 1. The van der Waals surface area contributed by atoms with E-state index in [0.717, 1.165) is 0 Å². The van der Waals surface area contributed by atoms with E-state index in [1.54, 1.807) is 13.3 Å². The molecule has 0 aliphatic heterocycles. The minimum Gasteiger partial charge on any atom is -0.480 e. The molecule has 1 aromatic heterocycles. The number of nitrogens with zero attached hydrogens (tertiary/aromatic N) is 2. The van der Waals surface area contributed by atoms with Crippen molar-refractivity contribution in [3.63, 3.8) is 0 Å². The maximum Gasteiger partial charge on any atom is 0.232 e. The van der Waals surface area contributed by atoms with E-state index >= 15 is 0 Å². The molecule has 0 radical (unpaired) electrons. The summed E-state index contributed by atoms with van der Waals surface area (Å²) in [7, 11) is 1.54. The fraction of sp³-hybridized carbons (Fsp3) is 0.250. The highest BCUT2D eigenvalue weighted by Crippen LogP contribution is 2.01. The summed E-state index contributed by atoms with van der Waals surface area (Å²) in [6, 6.07) is 0. The maximum absolute atomic E-state index is 5.28. The highest BCUT2D eigenvalue weighted by atomic mass is 16.5. The van der Waals surface area contributed by atoms with Gasteiger partial charge in [-0.25, -0.2) is 9.66 Å². The molecule has 0 saturated carbocycles. The standard InChI is InChI=1S/C4H7N3O/c1-8-4-2-6-3-7(4)5/h2-3H,5H2,1H3. The topological polar surface area (TPSA) is 53.1 Å². The van der Waals surface area contributed by atoms with Gasteiger partial charge in [0.2, 0.25) is 5.88 Å². The first-order valence-corrected chi connectivity index (χ1v) is 2.16. The normalized spacial score (nSPS) is 9.12. The molecule has 0 aliphatic carbocycles. The molecule has 0 aromatic carbocycles.